The largest absolute Gasteiger partial charge is 0.208 e. The van der Waals surface area contributed by atoms with Crippen LogP contribution in [0.3, 0.4) is 0 Å². The van der Waals surface area contributed by atoms with Crippen LogP contribution < -0.4 is 4.57 Å². The maximum absolute atomic E-state index is 2.08. The average molecular weight is 134 g/mol. The molecule has 10 heavy (non-hydrogen) atoms. The maximum atomic E-state index is 2.08. The van der Waals surface area contributed by atoms with Crippen molar-refractivity contribution in [3.63, 3.8) is 0 Å². The number of hydrogen-bond donors (Lipinski definition) is 0. The highest BCUT2D eigenvalue weighted by Gasteiger charge is 1.88. The Bertz CT molecular complexity index is 221. The van der Waals surface area contributed by atoms with Gasteiger partial charge in [0, 0.05) is 12.1 Å². The van der Waals surface area contributed by atoms with E-state index in [2.05, 4.69) is 18.2 Å². The van der Waals surface area contributed by atoms with E-state index < -0.39 is 0 Å². The molecule has 0 aliphatic heterocycles. The predicted molar refractivity (Wildman–Crippen MR) is 42.3 cm³/mol. The van der Waals surface area contributed by atoms with E-state index in [-0.39, 0.29) is 0 Å². The van der Waals surface area contributed by atoms with Gasteiger partial charge in [0.25, 0.3) is 0 Å². The number of rotatable bonds is 1. The second kappa shape index (κ2) is 3.16. The highest BCUT2D eigenvalue weighted by Crippen LogP contribution is 1.96. The van der Waals surface area contributed by atoms with Crippen molar-refractivity contribution < 1.29 is 4.57 Å². The number of allylic oxidation sites excluding steroid dienone is 1. The molecule has 1 heteroatoms. The molecule has 0 spiro atoms. The van der Waals surface area contributed by atoms with Gasteiger partial charge in [0.1, 0.15) is 7.05 Å². The van der Waals surface area contributed by atoms with Crippen LogP contribution in [-0.2, 0) is 7.05 Å². The summed E-state index contributed by atoms with van der Waals surface area (Å²) < 4.78 is 2.02. The molecule has 0 fully saturated rings. The summed E-state index contributed by atoms with van der Waals surface area (Å²) in [5.74, 6) is 0. The number of aromatic nitrogens is 1. The van der Waals surface area contributed by atoms with E-state index in [0.717, 1.165) is 0 Å². The van der Waals surface area contributed by atoms with Gasteiger partial charge in [0.2, 0.25) is 0 Å². The summed E-state index contributed by atoms with van der Waals surface area (Å²) in [5.41, 5.74) is 1.25. The van der Waals surface area contributed by atoms with E-state index in [1.165, 1.54) is 5.56 Å². The molecule has 0 atom stereocenters. The minimum absolute atomic E-state index is 1.25. The van der Waals surface area contributed by atoms with E-state index >= 15 is 0 Å². The minimum atomic E-state index is 1.25. The summed E-state index contributed by atoms with van der Waals surface area (Å²) in [6, 6.07) is 4.17. The highest BCUT2D eigenvalue weighted by molar-refractivity contribution is 5.46. The van der Waals surface area contributed by atoms with Gasteiger partial charge in [-0.25, -0.2) is 4.57 Å². The van der Waals surface area contributed by atoms with Crippen LogP contribution in [0.25, 0.3) is 6.08 Å². The quantitative estimate of drug-likeness (QED) is 0.513. The fraction of sp³-hybridized carbons (Fsp3) is 0.222. The standard InChI is InChI=1S/C9H12N/c1-3-4-9-5-7-10(2)8-6-9/h3-8H,1-2H3/q+1/b4-3+. The van der Waals surface area contributed by atoms with Gasteiger partial charge in [0.15, 0.2) is 12.4 Å². The molecule has 0 saturated heterocycles. The third kappa shape index (κ3) is 1.69. The van der Waals surface area contributed by atoms with E-state index in [0.29, 0.717) is 0 Å². The van der Waals surface area contributed by atoms with Crippen LogP contribution in [0.2, 0.25) is 0 Å². The highest BCUT2D eigenvalue weighted by atomic mass is 14.9. The van der Waals surface area contributed by atoms with Crippen LogP contribution >= 0.6 is 0 Å². The molecule has 0 amide bonds. The number of nitrogens with zero attached hydrogens (tertiary/aromatic N) is 1. The Morgan fingerprint density at radius 2 is 1.90 bits per heavy atom. The maximum Gasteiger partial charge on any atom is 0.169 e. The lowest BCUT2D eigenvalue weighted by Gasteiger charge is -1.88. The van der Waals surface area contributed by atoms with Crippen molar-refractivity contribution in [1.82, 2.24) is 0 Å². The lowest BCUT2D eigenvalue weighted by molar-refractivity contribution is -0.671. The molecule has 0 aromatic carbocycles. The van der Waals surface area contributed by atoms with Crippen LogP contribution in [0.15, 0.2) is 30.6 Å². The monoisotopic (exact) mass is 134 g/mol. The van der Waals surface area contributed by atoms with Crippen LogP contribution in [-0.4, -0.2) is 0 Å². The third-order valence-electron chi connectivity index (χ3n) is 1.36. The van der Waals surface area contributed by atoms with Gasteiger partial charge in [-0.1, -0.05) is 12.2 Å². The van der Waals surface area contributed by atoms with Gasteiger partial charge in [-0.3, -0.25) is 0 Å². The molecule has 1 aromatic heterocycles. The Morgan fingerprint density at radius 3 is 2.40 bits per heavy atom. The Balaban J connectivity index is 2.89. The summed E-state index contributed by atoms with van der Waals surface area (Å²) in [6.07, 6.45) is 8.19. The van der Waals surface area contributed by atoms with Gasteiger partial charge in [-0.05, 0) is 12.5 Å². The molecule has 52 valence electrons. The van der Waals surface area contributed by atoms with Crippen LogP contribution in [0, 0.1) is 0 Å². The van der Waals surface area contributed by atoms with Crippen molar-refractivity contribution in [3.8, 4) is 0 Å². The third-order valence-corrected chi connectivity index (χ3v) is 1.36. The summed E-state index contributed by atoms with van der Waals surface area (Å²) in [4.78, 5) is 0. The molecule has 0 aliphatic rings. The summed E-state index contributed by atoms with van der Waals surface area (Å²) in [7, 11) is 2.01. The first kappa shape index (κ1) is 7.00. The van der Waals surface area contributed by atoms with Gasteiger partial charge in [0.05, 0.1) is 0 Å². The zero-order valence-corrected chi connectivity index (χ0v) is 6.41. The first-order chi connectivity index (χ1) is 4.83. The van der Waals surface area contributed by atoms with Gasteiger partial charge < -0.3 is 0 Å². The fourth-order valence-electron chi connectivity index (χ4n) is 0.816. The van der Waals surface area contributed by atoms with Crippen molar-refractivity contribution in [2.24, 2.45) is 7.05 Å². The van der Waals surface area contributed by atoms with Gasteiger partial charge in [-0.15, -0.1) is 0 Å². The second-order valence-electron chi connectivity index (χ2n) is 2.30. The van der Waals surface area contributed by atoms with Gasteiger partial charge in [-0.2, -0.15) is 0 Å². The molecule has 1 nitrogen and oxygen atoms in total. The topological polar surface area (TPSA) is 3.88 Å². The molecule has 0 aliphatic carbocycles. The Hall–Kier alpha value is -1.11. The molecule has 1 aromatic rings. The van der Waals surface area contributed by atoms with Crippen molar-refractivity contribution in [3.05, 3.63) is 36.2 Å². The van der Waals surface area contributed by atoms with E-state index in [9.17, 15) is 0 Å². The Morgan fingerprint density at radius 1 is 1.30 bits per heavy atom. The van der Waals surface area contributed by atoms with E-state index in [1.807, 2.05) is 37.0 Å². The summed E-state index contributed by atoms with van der Waals surface area (Å²) in [6.45, 7) is 2.02. The predicted octanol–water partition coefficient (Wildman–Crippen LogP) is 1.54. The first-order valence-corrected chi connectivity index (χ1v) is 3.41. The number of pyridine rings is 1. The zero-order valence-electron chi connectivity index (χ0n) is 6.41. The lowest BCUT2D eigenvalue weighted by atomic mass is 10.2. The lowest BCUT2D eigenvalue weighted by Crippen LogP contribution is -2.25. The van der Waals surface area contributed by atoms with Crippen molar-refractivity contribution in [1.29, 1.82) is 0 Å². The number of hydrogen-bond acceptors (Lipinski definition) is 0. The molecule has 0 radical (unpaired) electrons. The molecular formula is C9H12N+. The minimum Gasteiger partial charge on any atom is -0.208 e. The fourth-order valence-corrected chi connectivity index (χ4v) is 0.816. The van der Waals surface area contributed by atoms with Gasteiger partial charge >= 0.3 is 0 Å². The van der Waals surface area contributed by atoms with Crippen molar-refractivity contribution >= 4 is 6.08 Å². The van der Waals surface area contributed by atoms with Crippen LogP contribution in [0.1, 0.15) is 12.5 Å². The molecule has 0 bridgehead atoms. The number of aryl methyl sites for hydroxylation is 1. The summed E-state index contributed by atoms with van der Waals surface area (Å²) in [5, 5.41) is 0. The van der Waals surface area contributed by atoms with Crippen LogP contribution in [0.4, 0.5) is 0 Å². The van der Waals surface area contributed by atoms with Crippen molar-refractivity contribution in [2.75, 3.05) is 0 Å². The first-order valence-electron chi connectivity index (χ1n) is 3.41. The summed E-state index contributed by atoms with van der Waals surface area (Å²) >= 11 is 0. The molecule has 1 rings (SSSR count). The molecule has 1 heterocycles. The molecule has 0 unspecified atom stereocenters. The Labute approximate surface area is 61.6 Å². The molecule has 0 N–H and O–H groups in total. The SMILES string of the molecule is C/C=C/c1cc[n+](C)cc1. The average Bonchev–Trinajstić information content (AvgIpc) is 1.95. The van der Waals surface area contributed by atoms with E-state index in [1.54, 1.807) is 0 Å². The normalized spacial score (nSPS) is 10.6. The van der Waals surface area contributed by atoms with Crippen LogP contribution in [0.5, 0.6) is 0 Å². The Kier molecular flexibility index (Phi) is 2.21. The molecule has 0 saturated carbocycles. The smallest absolute Gasteiger partial charge is 0.169 e. The molecular weight excluding hydrogens is 122 g/mol. The zero-order chi connectivity index (χ0) is 7.40. The van der Waals surface area contributed by atoms with E-state index in [4.69, 9.17) is 0 Å². The van der Waals surface area contributed by atoms with Crippen molar-refractivity contribution in [2.45, 2.75) is 6.92 Å². The second-order valence-corrected chi connectivity index (χ2v) is 2.30.